The van der Waals surface area contributed by atoms with Crippen LogP contribution >= 0.6 is 0 Å². The summed E-state index contributed by atoms with van der Waals surface area (Å²) in [5.41, 5.74) is 1.89. The summed E-state index contributed by atoms with van der Waals surface area (Å²) in [4.78, 5) is 3.58. The van der Waals surface area contributed by atoms with Gasteiger partial charge in [0.25, 0.3) is 0 Å². The van der Waals surface area contributed by atoms with E-state index in [1.807, 2.05) is 19.1 Å². The lowest BCUT2D eigenvalue weighted by Gasteiger charge is -2.14. The molecule has 22 heavy (non-hydrogen) atoms. The molecule has 118 valence electrons. The summed E-state index contributed by atoms with van der Waals surface area (Å²) in [6.07, 6.45) is 3.41. The summed E-state index contributed by atoms with van der Waals surface area (Å²) in [7, 11) is -4.53. The van der Waals surface area contributed by atoms with Gasteiger partial charge in [0, 0.05) is 25.0 Å². The van der Waals surface area contributed by atoms with Crippen molar-refractivity contribution in [2.45, 2.75) is 30.2 Å². The molecular weight excluding hydrogens is 310 g/mol. The molecule has 1 aromatic heterocycles. The average Bonchev–Trinajstić information content (AvgIpc) is 2.53. The second-order valence-electron chi connectivity index (χ2n) is 4.83. The quantitative estimate of drug-likeness (QED) is 0.887. The third kappa shape index (κ3) is 3.86. The van der Waals surface area contributed by atoms with E-state index >= 15 is 0 Å². The van der Waals surface area contributed by atoms with E-state index in [4.69, 9.17) is 0 Å². The van der Waals surface area contributed by atoms with Gasteiger partial charge in [0.15, 0.2) is 0 Å². The van der Waals surface area contributed by atoms with Crippen LogP contribution < -0.4 is 5.32 Å². The number of nitrogens with zero attached hydrogens (tertiary/aromatic N) is 1. The fourth-order valence-electron chi connectivity index (χ4n) is 1.94. The zero-order valence-corrected chi connectivity index (χ0v) is 12.7. The van der Waals surface area contributed by atoms with E-state index in [9.17, 15) is 17.2 Å². The summed E-state index contributed by atoms with van der Waals surface area (Å²) in [6, 6.07) is 9.35. The predicted molar refractivity (Wildman–Crippen MR) is 79.1 cm³/mol. The maximum atomic E-state index is 12.4. The zero-order chi connectivity index (χ0) is 16.2. The summed E-state index contributed by atoms with van der Waals surface area (Å²) >= 11 is 0. The molecule has 0 unspecified atom stereocenters. The summed E-state index contributed by atoms with van der Waals surface area (Å²) in [5, 5.41) is 3.27. The van der Waals surface area contributed by atoms with Crippen molar-refractivity contribution in [1.82, 2.24) is 10.3 Å². The lowest BCUT2D eigenvalue weighted by Crippen LogP contribution is -2.18. The number of sulfone groups is 1. The molecule has 1 heterocycles. The summed E-state index contributed by atoms with van der Waals surface area (Å²) < 4.78 is 47.5. The average molecular weight is 326 g/mol. The Hall–Kier alpha value is -1.86. The number of nitrogens with one attached hydrogen (secondary N) is 1. The molecule has 2 aromatic rings. The molecule has 0 aliphatic heterocycles. The second kappa shape index (κ2) is 6.93. The van der Waals surface area contributed by atoms with Gasteiger partial charge in [0.05, 0.1) is 4.90 Å². The Balaban J connectivity index is 2.01. The third-order valence-corrected chi connectivity index (χ3v) is 4.70. The van der Waals surface area contributed by atoms with Crippen molar-refractivity contribution in [3.8, 4) is 0 Å². The van der Waals surface area contributed by atoms with E-state index in [-0.39, 0.29) is 10.9 Å². The van der Waals surface area contributed by atoms with Crippen LogP contribution in [0.2, 0.25) is 0 Å². The molecule has 2 rings (SSSR count). The fraction of sp³-hybridized carbons (Fsp3) is 0.267. The minimum Gasteiger partial charge on any atom is -0.306 e. The number of pyridine rings is 1. The molecule has 0 saturated carbocycles. The Morgan fingerprint density at radius 2 is 1.68 bits per heavy atom. The number of hydrogen-bond acceptors (Lipinski definition) is 4. The molecule has 0 saturated heterocycles. The number of halogens is 2. The maximum Gasteiger partial charge on any atom is 0.341 e. The molecule has 1 atom stereocenters. The van der Waals surface area contributed by atoms with Crippen molar-refractivity contribution in [1.29, 1.82) is 0 Å². The number of hydrogen-bond donors (Lipinski definition) is 1. The van der Waals surface area contributed by atoms with Gasteiger partial charge < -0.3 is 5.32 Å². The molecule has 0 radical (unpaired) electrons. The number of alkyl halides is 2. The van der Waals surface area contributed by atoms with Gasteiger partial charge in [-0.05, 0) is 42.3 Å². The van der Waals surface area contributed by atoms with Crippen LogP contribution in [0.4, 0.5) is 8.78 Å². The molecule has 0 fully saturated rings. The minimum atomic E-state index is -4.53. The fourth-order valence-corrected chi connectivity index (χ4v) is 2.66. The van der Waals surface area contributed by atoms with Crippen molar-refractivity contribution in [3.05, 3.63) is 59.9 Å². The van der Waals surface area contributed by atoms with Crippen molar-refractivity contribution >= 4 is 9.84 Å². The molecule has 0 spiro atoms. The van der Waals surface area contributed by atoms with Crippen LogP contribution in [-0.4, -0.2) is 19.2 Å². The molecule has 7 heteroatoms. The van der Waals surface area contributed by atoms with Gasteiger partial charge in [-0.1, -0.05) is 12.1 Å². The number of rotatable bonds is 6. The normalized spacial score (nSPS) is 13.3. The Morgan fingerprint density at radius 1 is 1.09 bits per heavy atom. The van der Waals surface area contributed by atoms with Crippen LogP contribution in [0.1, 0.15) is 24.1 Å². The molecule has 0 bridgehead atoms. The minimum absolute atomic E-state index is 0.0903. The van der Waals surface area contributed by atoms with Crippen molar-refractivity contribution in [2.75, 3.05) is 0 Å². The van der Waals surface area contributed by atoms with Gasteiger partial charge in [-0.2, -0.15) is 8.78 Å². The van der Waals surface area contributed by atoms with Gasteiger partial charge in [-0.25, -0.2) is 8.42 Å². The van der Waals surface area contributed by atoms with Gasteiger partial charge in [-0.15, -0.1) is 0 Å². The maximum absolute atomic E-state index is 12.4. The Labute approximate surface area is 128 Å². The van der Waals surface area contributed by atoms with Gasteiger partial charge in [-0.3, -0.25) is 4.98 Å². The first-order chi connectivity index (χ1) is 10.4. The predicted octanol–water partition coefficient (Wildman–Crippen LogP) is 2.93. The van der Waals surface area contributed by atoms with Crippen LogP contribution in [0, 0.1) is 0 Å². The van der Waals surface area contributed by atoms with E-state index < -0.39 is 15.6 Å². The van der Waals surface area contributed by atoms with E-state index in [0.29, 0.717) is 6.54 Å². The molecule has 1 N–H and O–H groups in total. The van der Waals surface area contributed by atoms with Gasteiger partial charge in [0.2, 0.25) is 9.84 Å². The summed E-state index contributed by atoms with van der Waals surface area (Å²) in [5.74, 6) is -3.40. The van der Waals surface area contributed by atoms with Crippen LogP contribution in [0.5, 0.6) is 0 Å². The van der Waals surface area contributed by atoms with Gasteiger partial charge >= 0.3 is 5.76 Å². The Morgan fingerprint density at radius 3 is 2.23 bits per heavy atom. The van der Waals surface area contributed by atoms with Crippen molar-refractivity contribution < 1.29 is 17.2 Å². The molecule has 0 amide bonds. The molecular formula is C15H16F2N2O2S. The first kappa shape index (κ1) is 16.5. The largest absolute Gasteiger partial charge is 0.341 e. The van der Waals surface area contributed by atoms with Gasteiger partial charge in [0.1, 0.15) is 0 Å². The third-order valence-electron chi connectivity index (χ3n) is 3.30. The molecule has 4 nitrogen and oxygen atoms in total. The highest BCUT2D eigenvalue weighted by molar-refractivity contribution is 7.91. The highest BCUT2D eigenvalue weighted by Crippen LogP contribution is 2.19. The van der Waals surface area contributed by atoms with Crippen LogP contribution in [0.3, 0.4) is 0 Å². The Kier molecular flexibility index (Phi) is 5.20. The van der Waals surface area contributed by atoms with Crippen LogP contribution in [-0.2, 0) is 16.4 Å². The highest BCUT2D eigenvalue weighted by atomic mass is 32.2. The first-order valence-corrected chi connectivity index (χ1v) is 8.20. The number of benzene rings is 1. The summed E-state index contributed by atoms with van der Waals surface area (Å²) in [6.45, 7) is 2.49. The lowest BCUT2D eigenvalue weighted by atomic mass is 10.1. The Bertz CT molecular complexity index is 704. The van der Waals surface area contributed by atoms with E-state index in [1.54, 1.807) is 12.4 Å². The lowest BCUT2D eigenvalue weighted by molar-refractivity contribution is 0.234. The second-order valence-corrected chi connectivity index (χ2v) is 6.75. The zero-order valence-electron chi connectivity index (χ0n) is 11.9. The smallest absolute Gasteiger partial charge is 0.306 e. The SMILES string of the molecule is C[C@@H](NCc1ccc(S(=O)(=O)C(F)F)cc1)c1ccncc1. The van der Waals surface area contributed by atoms with Crippen molar-refractivity contribution in [3.63, 3.8) is 0 Å². The van der Waals surface area contributed by atoms with Crippen LogP contribution in [0.15, 0.2) is 53.7 Å². The molecule has 0 aliphatic rings. The van der Waals surface area contributed by atoms with E-state index in [2.05, 4.69) is 10.3 Å². The van der Waals surface area contributed by atoms with Crippen LogP contribution in [0.25, 0.3) is 0 Å². The topological polar surface area (TPSA) is 59.1 Å². The first-order valence-electron chi connectivity index (χ1n) is 6.65. The number of aromatic nitrogens is 1. The highest BCUT2D eigenvalue weighted by Gasteiger charge is 2.26. The van der Waals surface area contributed by atoms with E-state index in [0.717, 1.165) is 11.1 Å². The monoisotopic (exact) mass is 326 g/mol. The standard InChI is InChI=1S/C15H16F2N2O2S/c1-11(13-6-8-18-9-7-13)19-10-12-2-4-14(5-3-12)22(20,21)15(16)17/h2-9,11,15,19H,10H2,1H3/t11-/m1/s1. The molecule has 1 aromatic carbocycles. The molecule has 0 aliphatic carbocycles. The van der Waals surface area contributed by atoms with Crippen molar-refractivity contribution in [2.24, 2.45) is 0 Å². The van der Waals surface area contributed by atoms with E-state index in [1.165, 1.54) is 24.3 Å².